The summed E-state index contributed by atoms with van der Waals surface area (Å²) < 4.78 is 7.02. The third kappa shape index (κ3) is 7.72. The van der Waals surface area contributed by atoms with Gasteiger partial charge in [-0.05, 0) is 97.8 Å². The summed E-state index contributed by atoms with van der Waals surface area (Å²) in [6.45, 7) is 11.1. The van der Waals surface area contributed by atoms with Crippen LogP contribution in [0.3, 0.4) is 0 Å². The highest BCUT2D eigenvalue weighted by atomic mass is 127. The molecule has 0 radical (unpaired) electrons. The molecule has 2 rings (SSSR count). The number of benzene rings is 2. The van der Waals surface area contributed by atoms with Gasteiger partial charge in [0.25, 0.3) is 5.91 Å². The zero-order valence-corrected chi connectivity index (χ0v) is 22.2. The molecule has 0 unspecified atom stereocenters. The Balaban J connectivity index is 1.88. The predicted molar refractivity (Wildman–Crippen MR) is 138 cm³/mol. The summed E-state index contributed by atoms with van der Waals surface area (Å²) >= 11 is 4.10. The molecule has 0 saturated heterocycles. The molecule has 30 heavy (non-hydrogen) atoms. The van der Waals surface area contributed by atoms with Crippen LogP contribution in [0.1, 0.15) is 52.2 Å². The Morgan fingerprint density at radius 3 is 2.20 bits per heavy atom. The number of halogens is 2. The number of hydrogen-bond donors (Lipinski definition) is 2. The summed E-state index contributed by atoms with van der Waals surface area (Å²) in [4.78, 5) is 12.0. The number of carbonyl (C=O) groups excluding carboxylic acids is 1. The summed E-state index contributed by atoms with van der Waals surface area (Å²) in [6, 6.07) is 11.5. The lowest BCUT2D eigenvalue weighted by atomic mass is 9.72. The molecule has 5 nitrogen and oxygen atoms in total. The van der Waals surface area contributed by atoms with E-state index < -0.39 is 0 Å². The van der Waals surface area contributed by atoms with Crippen LogP contribution in [0.15, 0.2) is 41.5 Å². The Hall–Kier alpha value is -1.36. The van der Waals surface area contributed by atoms with Crippen molar-refractivity contribution < 1.29 is 14.6 Å². The third-order valence-electron chi connectivity index (χ3n) is 4.42. The molecule has 2 aromatic carbocycles. The molecule has 0 bridgehead atoms. The SMILES string of the molecule is CC(C)(C)CC(C)(C)c1ccc(OCC(=O)N/N=C\c2cc(I)c(O)c(I)c2)cc1. The second-order valence-corrected chi connectivity index (χ2v) is 11.4. The van der Waals surface area contributed by atoms with E-state index in [0.29, 0.717) is 5.75 Å². The number of amides is 1. The summed E-state index contributed by atoms with van der Waals surface area (Å²) in [5.41, 5.74) is 4.80. The van der Waals surface area contributed by atoms with Crippen molar-refractivity contribution >= 4 is 57.3 Å². The maximum atomic E-state index is 12.0. The summed E-state index contributed by atoms with van der Waals surface area (Å²) in [6.07, 6.45) is 2.60. The zero-order valence-electron chi connectivity index (χ0n) is 17.9. The van der Waals surface area contributed by atoms with Gasteiger partial charge in [0.05, 0.1) is 13.4 Å². The maximum absolute atomic E-state index is 12.0. The average molecular weight is 634 g/mol. The van der Waals surface area contributed by atoms with Gasteiger partial charge < -0.3 is 9.84 Å². The fourth-order valence-corrected chi connectivity index (χ4v) is 5.27. The van der Waals surface area contributed by atoms with Gasteiger partial charge in [0.2, 0.25) is 0 Å². The van der Waals surface area contributed by atoms with Crippen LogP contribution < -0.4 is 10.2 Å². The van der Waals surface area contributed by atoms with E-state index in [4.69, 9.17) is 4.74 Å². The van der Waals surface area contributed by atoms with E-state index >= 15 is 0 Å². The van der Waals surface area contributed by atoms with Gasteiger partial charge in [-0.25, -0.2) is 5.43 Å². The molecular weight excluding hydrogens is 606 g/mol. The van der Waals surface area contributed by atoms with Crippen LogP contribution in [0.5, 0.6) is 11.5 Å². The number of hydrazone groups is 1. The number of phenols is 1. The van der Waals surface area contributed by atoms with Gasteiger partial charge in [-0.15, -0.1) is 0 Å². The Labute approximate surface area is 206 Å². The van der Waals surface area contributed by atoms with Crippen molar-refractivity contribution in [1.82, 2.24) is 5.43 Å². The number of nitrogens with one attached hydrogen (secondary N) is 1. The van der Waals surface area contributed by atoms with Gasteiger partial charge in [0.15, 0.2) is 6.61 Å². The number of carbonyl (C=O) groups is 1. The van der Waals surface area contributed by atoms with Crippen LogP contribution in [0.4, 0.5) is 0 Å². The minimum Gasteiger partial charge on any atom is -0.506 e. The van der Waals surface area contributed by atoms with Crippen molar-refractivity contribution in [3.05, 3.63) is 54.7 Å². The summed E-state index contributed by atoms with van der Waals surface area (Å²) in [7, 11) is 0. The maximum Gasteiger partial charge on any atom is 0.277 e. The van der Waals surface area contributed by atoms with Crippen LogP contribution in [0.2, 0.25) is 0 Å². The third-order valence-corrected chi connectivity index (χ3v) is 6.06. The number of ether oxygens (including phenoxy) is 1. The molecule has 0 aliphatic carbocycles. The lowest BCUT2D eigenvalue weighted by molar-refractivity contribution is -0.123. The molecule has 2 aromatic rings. The van der Waals surface area contributed by atoms with Crippen LogP contribution in [-0.4, -0.2) is 23.8 Å². The van der Waals surface area contributed by atoms with Crippen molar-refractivity contribution in [2.24, 2.45) is 10.5 Å². The van der Waals surface area contributed by atoms with Gasteiger partial charge >= 0.3 is 0 Å². The van der Waals surface area contributed by atoms with E-state index in [1.165, 1.54) is 11.8 Å². The number of phenolic OH excluding ortho intramolecular Hbond substituents is 1. The zero-order chi connectivity index (χ0) is 22.5. The first-order valence-corrected chi connectivity index (χ1v) is 11.8. The summed E-state index contributed by atoms with van der Waals surface area (Å²) in [5, 5.41) is 13.7. The first-order valence-electron chi connectivity index (χ1n) is 9.61. The quantitative estimate of drug-likeness (QED) is 0.229. The second-order valence-electron chi connectivity index (χ2n) is 9.06. The van der Waals surface area contributed by atoms with Crippen molar-refractivity contribution in [2.45, 2.75) is 46.5 Å². The first-order chi connectivity index (χ1) is 13.9. The minimum absolute atomic E-state index is 0.0622. The lowest BCUT2D eigenvalue weighted by Crippen LogP contribution is -2.25. The normalized spacial score (nSPS) is 12.2. The van der Waals surface area contributed by atoms with Crippen LogP contribution in [0, 0.1) is 12.6 Å². The highest BCUT2D eigenvalue weighted by molar-refractivity contribution is 14.1. The molecule has 0 saturated carbocycles. The number of hydrogen-bond acceptors (Lipinski definition) is 4. The molecule has 2 N–H and O–H groups in total. The molecule has 1 amide bonds. The predicted octanol–water partition coefficient (Wildman–Crippen LogP) is 5.84. The molecule has 7 heteroatoms. The Morgan fingerprint density at radius 1 is 1.10 bits per heavy atom. The fraction of sp³-hybridized carbons (Fsp3) is 0.391. The Morgan fingerprint density at radius 2 is 1.67 bits per heavy atom. The standard InChI is InChI=1S/C23H28I2N2O3/c1-22(2,3)14-23(4,5)16-6-8-17(9-7-16)30-13-20(28)27-26-12-15-10-18(24)21(29)19(25)11-15/h6-12,29H,13-14H2,1-5H3,(H,27,28)/b26-12-. The highest BCUT2D eigenvalue weighted by Crippen LogP contribution is 2.36. The van der Waals surface area contributed by atoms with Crippen molar-refractivity contribution in [3.63, 3.8) is 0 Å². The van der Waals surface area contributed by atoms with Gasteiger partial charge in [0.1, 0.15) is 11.5 Å². The van der Waals surface area contributed by atoms with Gasteiger partial charge in [0, 0.05) is 0 Å². The van der Waals surface area contributed by atoms with E-state index in [0.717, 1.165) is 19.1 Å². The lowest BCUT2D eigenvalue weighted by Gasteiger charge is -2.33. The number of rotatable bonds is 7. The van der Waals surface area contributed by atoms with E-state index in [1.54, 1.807) is 12.1 Å². The molecule has 0 heterocycles. The first kappa shape index (κ1) is 24.9. The molecule has 0 aromatic heterocycles. The average Bonchev–Trinajstić information content (AvgIpc) is 2.63. The molecule has 162 valence electrons. The van der Waals surface area contributed by atoms with Gasteiger partial charge in [-0.3, -0.25) is 4.79 Å². The summed E-state index contributed by atoms with van der Waals surface area (Å²) in [5.74, 6) is 0.553. The Bertz CT molecular complexity index is 894. The molecule has 0 aliphatic heterocycles. The smallest absolute Gasteiger partial charge is 0.277 e. The van der Waals surface area contributed by atoms with Gasteiger partial charge in [-0.1, -0.05) is 46.8 Å². The van der Waals surface area contributed by atoms with E-state index in [2.05, 4.69) is 57.3 Å². The molecule has 0 atom stereocenters. The fourth-order valence-electron chi connectivity index (χ4n) is 3.45. The monoisotopic (exact) mass is 634 g/mol. The molecule has 0 fully saturated rings. The number of aromatic hydroxyl groups is 1. The molecule has 0 aliphatic rings. The van der Waals surface area contributed by atoms with Crippen molar-refractivity contribution in [1.29, 1.82) is 0 Å². The molecular formula is C23H28I2N2O3. The minimum atomic E-state index is -0.341. The highest BCUT2D eigenvalue weighted by Gasteiger charge is 2.27. The van der Waals surface area contributed by atoms with Gasteiger partial charge in [-0.2, -0.15) is 5.10 Å². The van der Waals surface area contributed by atoms with E-state index in [9.17, 15) is 9.90 Å². The largest absolute Gasteiger partial charge is 0.506 e. The van der Waals surface area contributed by atoms with Crippen LogP contribution in [0.25, 0.3) is 0 Å². The van der Waals surface area contributed by atoms with Crippen LogP contribution >= 0.6 is 45.2 Å². The topological polar surface area (TPSA) is 70.9 Å². The molecule has 0 spiro atoms. The van der Waals surface area contributed by atoms with E-state index in [1.807, 2.05) is 57.3 Å². The van der Waals surface area contributed by atoms with Crippen molar-refractivity contribution in [2.75, 3.05) is 6.61 Å². The number of nitrogens with zero attached hydrogens (tertiary/aromatic N) is 1. The Kier molecular flexibility index (Phi) is 8.55. The van der Waals surface area contributed by atoms with E-state index in [-0.39, 0.29) is 29.1 Å². The van der Waals surface area contributed by atoms with Crippen LogP contribution in [-0.2, 0) is 10.2 Å². The van der Waals surface area contributed by atoms with Crippen molar-refractivity contribution in [3.8, 4) is 11.5 Å². The second kappa shape index (κ2) is 10.3.